The summed E-state index contributed by atoms with van der Waals surface area (Å²) < 4.78 is 34.8. The van der Waals surface area contributed by atoms with Gasteiger partial charge in [-0.2, -0.15) is 0 Å². The Morgan fingerprint density at radius 1 is 0.608 bits per heavy atom. The van der Waals surface area contributed by atoms with Crippen molar-refractivity contribution < 1.29 is 33.5 Å². The van der Waals surface area contributed by atoms with Crippen molar-refractivity contribution in [1.82, 2.24) is 0 Å². The molecule has 0 bridgehead atoms. The summed E-state index contributed by atoms with van der Waals surface area (Å²) in [6, 6.07) is 33.0. The standard InChI is InChI=1S/C44H54O7/c1-30(50-38-20-12-33(13-21-38)43(4,5)32-10-18-37(19-11-32)47-28-41-29-49-41)24-35(45)26-46-36-16-8-31(9-17-36)44(6,7)34-14-22-39(23-15-34)51-42(2,3)25-40-27-48-40/h8-23,30,35,40-41,45H,24-29H2,1-7H3. The number of rotatable bonds is 18. The molecule has 0 spiro atoms. The van der Waals surface area contributed by atoms with Crippen LogP contribution >= 0.6 is 0 Å². The van der Waals surface area contributed by atoms with Crippen LogP contribution in [0, 0.1) is 0 Å². The summed E-state index contributed by atoms with van der Waals surface area (Å²) >= 11 is 0. The molecule has 2 fully saturated rings. The molecule has 0 amide bonds. The minimum absolute atomic E-state index is 0.186. The zero-order chi connectivity index (χ0) is 36.2. The molecule has 0 aliphatic carbocycles. The van der Waals surface area contributed by atoms with Gasteiger partial charge in [0.2, 0.25) is 0 Å². The molecule has 272 valence electrons. The molecule has 1 N–H and O–H groups in total. The first-order chi connectivity index (χ1) is 24.3. The molecule has 0 radical (unpaired) electrons. The van der Waals surface area contributed by atoms with E-state index in [2.05, 4.69) is 102 Å². The van der Waals surface area contributed by atoms with Crippen LogP contribution in [0.15, 0.2) is 97.1 Å². The van der Waals surface area contributed by atoms with Crippen molar-refractivity contribution in [2.24, 2.45) is 0 Å². The number of aliphatic hydroxyl groups excluding tert-OH is 1. The molecule has 4 aromatic rings. The average molecular weight is 695 g/mol. The van der Waals surface area contributed by atoms with Gasteiger partial charge >= 0.3 is 0 Å². The first kappa shape index (κ1) is 36.7. The predicted molar refractivity (Wildman–Crippen MR) is 201 cm³/mol. The lowest BCUT2D eigenvalue weighted by molar-refractivity contribution is 0.0636. The van der Waals surface area contributed by atoms with E-state index in [1.807, 2.05) is 43.3 Å². The van der Waals surface area contributed by atoms with Crippen molar-refractivity contribution in [3.05, 3.63) is 119 Å². The molecule has 0 saturated carbocycles. The largest absolute Gasteiger partial charge is 0.491 e. The highest BCUT2D eigenvalue weighted by Gasteiger charge is 2.33. The number of ether oxygens (including phenoxy) is 6. The molecule has 4 aromatic carbocycles. The maximum Gasteiger partial charge on any atom is 0.120 e. The third-order valence-corrected chi connectivity index (χ3v) is 10.0. The molecule has 7 heteroatoms. The Morgan fingerprint density at radius 2 is 1.02 bits per heavy atom. The van der Waals surface area contributed by atoms with Gasteiger partial charge in [-0.3, -0.25) is 0 Å². The summed E-state index contributed by atoms with van der Waals surface area (Å²) in [6.45, 7) is 17.5. The number of aliphatic hydroxyl groups is 1. The van der Waals surface area contributed by atoms with Gasteiger partial charge in [0.15, 0.2) is 0 Å². The highest BCUT2D eigenvalue weighted by Crippen LogP contribution is 2.36. The van der Waals surface area contributed by atoms with Gasteiger partial charge < -0.3 is 33.5 Å². The Bertz CT molecular complexity index is 1680. The van der Waals surface area contributed by atoms with Gasteiger partial charge in [-0.1, -0.05) is 76.2 Å². The Labute approximate surface area is 303 Å². The first-order valence-corrected chi connectivity index (χ1v) is 18.2. The Balaban J connectivity index is 0.947. The fourth-order valence-corrected chi connectivity index (χ4v) is 6.53. The lowest BCUT2D eigenvalue weighted by Gasteiger charge is -2.28. The summed E-state index contributed by atoms with van der Waals surface area (Å²) in [4.78, 5) is 0. The van der Waals surface area contributed by atoms with Crippen LogP contribution in [0.3, 0.4) is 0 Å². The number of hydrogen-bond donors (Lipinski definition) is 1. The van der Waals surface area contributed by atoms with Crippen molar-refractivity contribution in [3.63, 3.8) is 0 Å². The predicted octanol–water partition coefficient (Wildman–Crippen LogP) is 8.66. The maximum absolute atomic E-state index is 10.8. The Hall–Kier alpha value is -4.04. The zero-order valence-corrected chi connectivity index (χ0v) is 31.2. The minimum atomic E-state index is -0.666. The van der Waals surface area contributed by atoms with Crippen molar-refractivity contribution >= 4 is 0 Å². The summed E-state index contributed by atoms with van der Waals surface area (Å²) in [5.41, 5.74) is 4.10. The van der Waals surface area contributed by atoms with Gasteiger partial charge in [0.1, 0.15) is 47.9 Å². The molecule has 2 saturated heterocycles. The Morgan fingerprint density at radius 3 is 1.47 bits per heavy atom. The number of epoxide rings is 2. The Kier molecular flexibility index (Phi) is 11.0. The van der Waals surface area contributed by atoms with Crippen LogP contribution in [-0.2, 0) is 20.3 Å². The number of hydrogen-bond acceptors (Lipinski definition) is 7. The maximum atomic E-state index is 10.8. The molecule has 2 aliphatic rings. The molecule has 6 rings (SSSR count). The van der Waals surface area contributed by atoms with Crippen LogP contribution in [0.1, 0.15) is 83.6 Å². The third kappa shape index (κ3) is 10.1. The molecule has 4 unspecified atom stereocenters. The lowest BCUT2D eigenvalue weighted by Crippen LogP contribution is -2.30. The second-order valence-electron chi connectivity index (χ2n) is 15.8. The van der Waals surface area contributed by atoms with E-state index in [0.29, 0.717) is 19.1 Å². The minimum Gasteiger partial charge on any atom is -0.491 e. The quantitative estimate of drug-likeness (QED) is 0.104. The van der Waals surface area contributed by atoms with Crippen molar-refractivity contribution in [2.45, 2.75) is 102 Å². The molecular formula is C44H54O7. The van der Waals surface area contributed by atoms with Gasteiger partial charge in [-0.25, -0.2) is 0 Å². The van der Waals surface area contributed by atoms with E-state index in [-0.39, 0.29) is 35.2 Å². The van der Waals surface area contributed by atoms with E-state index >= 15 is 0 Å². The zero-order valence-electron chi connectivity index (χ0n) is 31.2. The first-order valence-electron chi connectivity index (χ1n) is 18.2. The van der Waals surface area contributed by atoms with Crippen LogP contribution in [-0.4, -0.2) is 61.6 Å². The molecule has 51 heavy (non-hydrogen) atoms. The summed E-state index contributed by atoms with van der Waals surface area (Å²) in [6.07, 6.45) is 1.05. The van der Waals surface area contributed by atoms with E-state index in [9.17, 15) is 5.11 Å². The van der Waals surface area contributed by atoms with Gasteiger partial charge in [-0.05, 0) is 91.6 Å². The number of benzene rings is 4. The average Bonchev–Trinajstić information content (AvgIpc) is 4.04. The fraction of sp³-hybridized carbons (Fsp3) is 0.455. The van der Waals surface area contributed by atoms with E-state index in [1.165, 1.54) is 22.3 Å². The van der Waals surface area contributed by atoms with Gasteiger partial charge in [0.05, 0.1) is 31.5 Å². The summed E-state index contributed by atoms with van der Waals surface area (Å²) in [5.74, 6) is 3.22. The monoisotopic (exact) mass is 694 g/mol. The summed E-state index contributed by atoms with van der Waals surface area (Å²) in [5, 5.41) is 10.8. The highest BCUT2D eigenvalue weighted by molar-refractivity contribution is 5.43. The SMILES string of the molecule is CC(CC(O)COc1ccc(C(C)(C)c2ccc(OC(C)(C)CC3CO3)cc2)cc1)Oc1ccc(C(C)(C)c2ccc(OCC3CO3)cc2)cc1. The van der Waals surface area contributed by atoms with Crippen molar-refractivity contribution in [3.8, 4) is 23.0 Å². The highest BCUT2D eigenvalue weighted by atomic mass is 16.6. The fourth-order valence-electron chi connectivity index (χ4n) is 6.53. The molecular weight excluding hydrogens is 640 g/mol. The third-order valence-electron chi connectivity index (χ3n) is 10.0. The topological polar surface area (TPSA) is 82.2 Å². The van der Waals surface area contributed by atoms with Crippen molar-refractivity contribution in [2.75, 3.05) is 26.4 Å². The van der Waals surface area contributed by atoms with Crippen molar-refractivity contribution in [1.29, 1.82) is 0 Å². The van der Waals surface area contributed by atoms with E-state index in [0.717, 1.165) is 42.6 Å². The van der Waals surface area contributed by atoms with E-state index in [1.54, 1.807) is 0 Å². The molecule has 2 aliphatic heterocycles. The van der Waals surface area contributed by atoms with Crippen LogP contribution in [0.25, 0.3) is 0 Å². The van der Waals surface area contributed by atoms with E-state index < -0.39 is 6.10 Å². The van der Waals surface area contributed by atoms with Crippen LogP contribution in [0.5, 0.6) is 23.0 Å². The summed E-state index contributed by atoms with van der Waals surface area (Å²) in [7, 11) is 0. The molecule has 0 aromatic heterocycles. The van der Waals surface area contributed by atoms with Gasteiger partial charge in [-0.15, -0.1) is 0 Å². The normalized spacial score (nSPS) is 18.4. The van der Waals surface area contributed by atoms with Gasteiger partial charge in [0, 0.05) is 23.7 Å². The van der Waals surface area contributed by atoms with E-state index in [4.69, 9.17) is 28.4 Å². The smallest absolute Gasteiger partial charge is 0.120 e. The van der Waals surface area contributed by atoms with Crippen LogP contribution in [0.4, 0.5) is 0 Å². The van der Waals surface area contributed by atoms with Crippen LogP contribution in [0.2, 0.25) is 0 Å². The van der Waals surface area contributed by atoms with Crippen LogP contribution < -0.4 is 18.9 Å². The van der Waals surface area contributed by atoms with Gasteiger partial charge in [0.25, 0.3) is 0 Å². The second kappa shape index (κ2) is 15.3. The molecule has 7 nitrogen and oxygen atoms in total. The molecule has 2 heterocycles. The lowest BCUT2D eigenvalue weighted by atomic mass is 9.78. The molecule has 4 atom stereocenters. The second-order valence-corrected chi connectivity index (χ2v) is 15.8.